The maximum Gasteiger partial charge on any atom is 0.244 e. The number of nitrogens with zero attached hydrogens (tertiary/aromatic N) is 2. The third-order valence-corrected chi connectivity index (χ3v) is 10.0. The number of benzene rings is 2. The fourth-order valence-electron chi connectivity index (χ4n) is 4.70. The summed E-state index contributed by atoms with van der Waals surface area (Å²) in [6.45, 7) is 4.37. The molecule has 0 radical (unpaired) electrons. The first-order valence-corrected chi connectivity index (χ1v) is 14.6. The predicted molar refractivity (Wildman–Crippen MR) is 128 cm³/mol. The second-order valence-corrected chi connectivity index (χ2v) is 12.8. The Labute approximate surface area is 197 Å². The Morgan fingerprint density at radius 2 is 1.52 bits per heavy atom. The summed E-state index contributed by atoms with van der Waals surface area (Å²) in [5.41, 5.74) is 1.14. The third-order valence-electron chi connectivity index (χ3n) is 6.68. The van der Waals surface area contributed by atoms with Crippen molar-refractivity contribution in [2.24, 2.45) is 5.92 Å². The molecule has 1 saturated heterocycles. The van der Waals surface area contributed by atoms with Gasteiger partial charge in [0.05, 0.1) is 16.5 Å². The second kappa shape index (κ2) is 10.2. The van der Waals surface area contributed by atoms with Crippen molar-refractivity contribution < 1.29 is 16.8 Å². The standard InChI is InChI=1S/C24H33N3O4S2/c1-20-8-5-6-11-24(20)25-32(28,29)22-12-14-23(15-13-22)33(30,31)27-17-7-16-26(19-27)18-21-9-3-2-4-10-21/h2-4,9-10,12-15,20,24-25H,5-8,11,16-19H2,1H3/t20-,24-/m1/s1. The summed E-state index contributed by atoms with van der Waals surface area (Å²) in [6.07, 6.45) is 4.75. The molecule has 2 atom stereocenters. The van der Waals surface area contributed by atoms with Crippen molar-refractivity contribution >= 4 is 20.0 Å². The molecule has 0 spiro atoms. The maximum atomic E-state index is 13.2. The number of hydrogen-bond donors (Lipinski definition) is 1. The van der Waals surface area contributed by atoms with Crippen molar-refractivity contribution in [2.45, 2.75) is 61.4 Å². The van der Waals surface area contributed by atoms with Crippen LogP contribution < -0.4 is 4.72 Å². The van der Waals surface area contributed by atoms with Crippen LogP contribution in [-0.4, -0.2) is 51.8 Å². The summed E-state index contributed by atoms with van der Waals surface area (Å²) in [5, 5.41) is 0. The molecule has 0 amide bonds. The predicted octanol–water partition coefficient (Wildman–Crippen LogP) is 3.40. The molecular formula is C24H33N3O4S2. The van der Waals surface area contributed by atoms with Crippen molar-refractivity contribution in [1.82, 2.24) is 13.9 Å². The van der Waals surface area contributed by atoms with Crippen LogP contribution in [0.25, 0.3) is 0 Å². The molecule has 1 saturated carbocycles. The van der Waals surface area contributed by atoms with E-state index in [-0.39, 0.29) is 15.8 Å². The molecule has 9 heteroatoms. The third kappa shape index (κ3) is 5.84. The van der Waals surface area contributed by atoms with E-state index in [4.69, 9.17) is 0 Å². The van der Waals surface area contributed by atoms with Crippen molar-refractivity contribution in [2.75, 3.05) is 19.8 Å². The minimum Gasteiger partial charge on any atom is -0.285 e. The van der Waals surface area contributed by atoms with Crippen LogP contribution >= 0.6 is 0 Å². The highest BCUT2D eigenvalue weighted by molar-refractivity contribution is 7.89. The molecule has 1 N–H and O–H groups in total. The molecule has 0 bridgehead atoms. The molecule has 180 valence electrons. The van der Waals surface area contributed by atoms with E-state index in [2.05, 4.69) is 16.5 Å². The van der Waals surface area contributed by atoms with Gasteiger partial charge in [-0.1, -0.05) is 50.1 Å². The molecule has 2 aromatic rings. The number of hydrogen-bond acceptors (Lipinski definition) is 5. The highest BCUT2D eigenvalue weighted by atomic mass is 32.2. The normalized spacial score (nSPS) is 23.4. The van der Waals surface area contributed by atoms with Gasteiger partial charge in [0.1, 0.15) is 0 Å². The summed E-state index contributed by atoms with van der Waals surface area (Å²) in [6, 6.07) is 15.5. The Kier molecular flexibility index (Phi) is 7.55. The zero-order chi connectivity index (χ0) is 23.5. The lowest BCUT2D eigenvalue weighted by Gasteiger charge is -2.34. The Morgan fingerprint density at radius 3 is 2.21 bits per heavy atom. The molecule has 0 unspecified atom stereocenters. The fraction of sp³-hybridized carbons (Fsp3) is 0.500. The fourth-order valence-corrected chi connectivity index (χ4v) is 7.54. The van der Waals surface area contributed by atoms with Crippen molar-refractivity contribution in [3.05, 3.63) is 60.2 Å². The molecule has 7 nitrogen and oxygen atoms in total. The lowest BCUT2D eigenvalue weighted by molar-refractivity contribution is 0.140. The summed E-state index contributed by atoms with van der Waals surface area (Å²) in [4.78, 5) is 2.34. The zero-order valence-electron chi connectivity index (χ0n) is 19.1. The van der Waals surface area contributed by atoms with Gasteiger partial charge in [0.25, 0.3) is 0 Å². The van der Waals surface area contributed by atoms with Crippen LogP contribution in [0.2, 0.25) is 0 Å². The SMILES string of the molecule is C[C@@H]1CCCC[C@H]1NS(=O)(=O)c1ccc(S(=O)(=O)N2CCCN(Cc3ccccc3)C2)cc1. The van der Waals surface area contributed by atoms with E-state index in [1.165, 1.54) is 28.6 Å². The topological polar surface area (TPSA) is 86.8 Å². The highest BCUT2D eigenvalue weighted by Crippen LogP contribution is 2.26. The van der Waals surface area contributed by atoms with Crippen LogP contribution in [0.15, 0.2) is 64.4 Å². The van der Waals surface area contributed by atoms with Crippen LogP contribution in [0.1, 0.15) is 44.6 Å². The lowest BCUT2D eigenvalue weighted by Crippen LogP contribution is -2.47. The summed E-state index contributed by atoms with van der Waals surface area (Å²) < 4.78 is 56.5. The lowest BCUT2D eigenvalue weighted by atomic mass is 9.87. The molecular weight excluding hydrogens is 458 g/mol. The monoisotopic (exact) mass is 491 g/mol. The minimum atomic E-state index is -3.71. The molecule has 4 rings (SSSR count). The molecule has 2 aromatic carbocycles. The highest BCUT2D eigenvalue weighted by Gasteiger charge is 2.30. The average Bonchev–Trinajstić information content (AvgIpc) is 2.81. The molecule has 33 heavy (non-hydrogen) atoms. The van der Waals surface area contributed by atoms with Crippen molar-refractivity contribution in [3.8, 4) is 0 Å². The van der Waals surface area contributed by atoms with E-state index in [1.807, 2.05) is 30.3 Å². The average molecular weight is 492 g/mol. The van der Waals surface area contributed by atoms with E-state index >= 15 is 0 Å². The first kappa shape index (κ1) is 24.3. The minimum absolute atomic E-state index is 0.0730. The van der Waals surface area contributed by atoms with E-state index in [0.717, 1.165) is 44.2 Å². The van der Waals surface area contributed by atoms with E-state index in [9.17, 15) is 16.8 Å². The molecule has 1 aliphatic heterocycles. The van der Waals surface area contributed by atoms with Gasteiger partial charge in [-0.05, 0) is 55.0 Å². The number of rotatable bonds is 7. The first-order chi connectivity index (χ1) is 15.8. The van der Waals surface area contributed by atoms with Gasteiger partial charge in [0, 0.05) is 25.7 Å². The van der Waals surface area contributed by atoms with Gasteiger partial charge >= 0.3 is 0 Å². The van der Waals surface area contributed by atoms with Gasteiger partial charge in [-0.15, -0.1) is 0 Å². The molecule has 2 aliphatic rings. The summed E-state index contributed by atoms with van der Waals surface area (Å²) in [5.74, 6) is 0.297. The number of nitrogens with one attached hydrogen (secondary N) is 1. The number of sulfonamides is 2. The van der Waals surface area contributed by atoms with Gasteiger partial charge in [0.2, 0.25) is 20.0 Å². The smallest absolute Gasteiger partial charge is 0.244 e. The van der Waals surface area contributed by atoms with E-state index in [1.54, 1.807) is 0 Å². The van der Waals surface area contributed by atoms with Gasteiger partial charge in [-0.3, -0.25) is 4.90 Å². The van der Waals surface area contributed by atoms with Gasteiger partial charge in [-0.2, -0.15) is 4.31 Å². The molecule has 0 aromatic heterocycles. The largest absolute Gasteiger partial charge is 0.285 e. The van der Waals surface area contributed by atoms with Crippen LogP contribution in [0, 0.1) is 5.92 Å². The van der Waals surface area contributed by atoms with Gasteiger partial charge in [0.15, 0.2) is 0 Å². The van der Waals surface area contributed by atoms with E-state index < -0.39 is 20.0 Å². The van der Waals surface area contributed by atoms with Gasteiger partial charge < -0.3 is 0 Å². The maximum absolute atomic E-state index is 13.2. The molecule has 1 aliphatic carbocycles. The van der Waals surface area contributed by atoms with Crippen LogP contribution in [0.3, 0.4) is 0 Å². The van der Waals surface area contributed by atoms with Crippen LogP contribution in [0.5, 0.6) is 0 Å². The molecule has 1 heterocycles. The van der Waals surface area contributed by atoms with Crippen molar-refractivity contribution in [3.63, 3.8) is 0 Å². The Bertz CT molecular complexity index is 1140. The second-order valence-electron chi connectivity index (χ2n) is 9.17. The van der Waals surface area contributed by atoms with Crippen LogP contribution in [-0.2, 0) is 26.6 Å². The zero-order valence-corrected chi connectivity index (χ0v) is 20.7. The molecule has 2 fully saturated rings. The summed E-state index contributed by atoms with van der Waals surface area (Å²) >= 11 is 0. The van der Waals surface area contributed by atoms with Crippen LogP contribution in [0.4, 0.5) is 0 Å². The van der Waals surface area contributed by atoms with Crippen molar-refractivity contribution in [1.29, 1.82) is 0 Å². The first-order valence-electron chi connectivity index (χ1n) is 11.6. The Hall–Kier alpha value is -1.78. The quantitative estimate of drug-likeness (QED) is 0.642. The summed E-state index contributed by atoms with van der Waals surface area (Å²) in [7, 11) is -7.40. The Balaban J connectivity index is 1.44. The van der Waals surface area contributed by atoms with E-state index in [0.29, 0.717) is 25.7 Å². The Morgan fingerprint density at radius 1 is 0.848 bits per heavy atom. The van der Waals surface area contributed by atoms with Gasteiger partial charge in [-0.25, -0.2) is 21.6 Å².